The van der Waals surface area contributed by atoms with Crippen molar-refractivity contribution >= 4 is 41.1 Å². The number of aryl methyl sites for hydroxylation is 1. The lowest BCUT2D eigenvalue weighted by molar-refractivity contribution is -0.126. The van der Waals surface area contributed by atoms with Gasteiger partial charge >= 0.3 is 0 Å². The van der Waals surface area contributed by atoms with Crippen molar-refractivity contribution < 1.29 is 9.59 Å². The molecular weight excluding hydrogens is 370 g/mol. The van der Waals surface area contributed by atoms with E-state index in [1.54, 1.807) is 23.6 Å². The summed E-state index contributed by atoms with van der Waals surface area (Å²) < 4.78 is 0. The second-order valence-electron chi connectivity index (χ2n) is 7.15. The Balaban J connectivity index is 1.36. The number of nitrogens with zero attached hydrogens (tertiary/aromatic N) is 2. The first-order valence-corrected chi connectivity index (χ1v) is 10.5. The van der Waals surface area contributed by atoms with Gasteiger partial charge in [0, 0.05) is 36.7 Å². The van der Waals surface area contributed by atoms with Crippen molar-refractivity contribution in [2.75, 3.05) is 18.4 Å². The maximum Gasteiger partial charge on any atom is 0.246 e. The Hall–Kier alpha value is -2.73. The summed E-state index contributed by atoms with van der Waals surface area (Å²) in [5.41, 5.74) is 3.33. The Morgan fingerprint density at radius 1 is 1.21 bits per heavy atom. The van der Waals surface area contributed by atoms with Crippen molar-refractivity contribution in [1.29, 1.82) is 0 Å². The topological polar surface area (TPSA) is 62.3 Å². The Kier molecular flexibility index (Phi) is 5.67. The van der Waals surface area contributed by atoms with Crippen molar-refractivity contribution in [3.8, 4) is 0 Å². The Morgan fingerprint density at radius 3 is 2.86 bits per heavy atom. The fourth-order valence-electron chi connectivity index (χ4n) is 3.56. The molecule has 0 spiro atoms. The molecule has 5 nitrogen and oxygen atoms in total. The number of nitrogens with one attached hydrogen (secondary N) is 1. The highest BCUT2D eigenvalue weighted by atomic mass is 32.1. The molecule has 2 aliphatic heterocycles. The van der Waals surface area contributed by atoms with E-state index in [-0.39, 0.29) is 11.8 Å². The Bertz CT molecular complexity index is 921. The van der Waals surface area contributed by atoms with Crippen LogP contribution in [0.2, 0.25) is 0 Å². The van der Waals surface area contributed by atoms with Crippen LogP contribution in [0.1, 0.15) is 41.7 Å². The Labute approximate surface area is 168 Å². The standard InChI is InChI=1S/C22H23N3O2S/c26-20-5-1-3-18-13-17(15-23-22(18)24-20)6-7-21(27)25-10-8-16(9-11-25)14-19-4-2-12-28-19/h2,4,6-7,12-15H,1,3,5,8-11H2,(H,23,24,26). The lowest BCUT2D eigenvalue weighted by Gasteiger charge is -2.27. The summed E-state index contributed by atoms with van der Waals surface area (Å²) >= 11 is 1.74. The van der Waals surface area contributed by atoms with Crippen LogP contribution in [0.4, 0.5) is 5.82 Å². The number of pyridine rings is 1. The van der Waals surface area contributed by atoms with Crippen LogP contribution in [0, 0.1) is 0 Å². The number of piperidine rings is 1. The van der Waals surface area contributed by atoms with E-state index in [1.165, 1.54) is 10.5 Å². The highest BCUT2D eigenvalue weighted by molar-refractivity contribution is 7.10. The van der Waals surface area contributed by atoms with Crippen molar-refractivity contribution in [1.82, 2.24) is 9.88 Å². The normalized spacial score (nSPS) is 17.2. The smallest absolute Gasteiger partial charge is 0.246 e. The van der Waals surface area contributed by atoms with Gasteiger partial charge in [0.25, 0.3) is 0 Å². The molecule has 0 aromatic carbocycles. The number of anilines is 1. The molecule has 1 fully saturated rings. The SMILES string of the molecule is O=C1CCCc2cc(C=CC(=O)N3CCC(=Cc4cccs4)CC3)cnc2N1. The highest BCUT2D eigenvalue weighted by Crippen LogP contribution is 2.23. The molecule has 0 bridgehead atoms. The zero-order valence-electron chi connectivity index (χ0n) is 15.7. The van der Waals surface area contributed by atoms with E-state index in [9.17, 15) is 9.59 Å². The second-order valence-corrected chi connectivity index (χ2v) is 8.13. The number of carbonyl (C=O) groups excluding carboxylic acids is 2. The molecule has 0 radical (unpaired) electrons. The molecule has 28 heavy (non-hydrogen) atoms. The van der Waals surface area contributed by atoms with Gasteiger partial charge in [-0.2, -0.15) is 0 Å². The van der Waals surface area contributed by atoms with Crippen LogP contribution >= 0.6 is 11.3 Å². The zero-order valence-corrected chi connectivity index (χ0v) is 16.5. The molecule has 0 saturated carbocycles. The van der Waals surface area contributed by atoms with Gasteiger partial charge in [0.1, 0.15) is 5.82 Å². The number of likely N-dealkylation sites (tertiary alicyclic amines) is 1. The molecule has 2 aromatic rings. The quantitative estimate of drug-likeness (QED) is 0.798. The van der Waals surface area contributed by atoms with Gasteiger partial charge in [0.2, 0.25) is 11.8 Å². The summed E-state index contributed by atoms with van der Waals surface area (Å²) in [6, 6.07) is 6.19. The number of thiophene rings is 1. The van der Waals surface area contributed by atoms with Crippen LogP contribution in [-0.2, 0) is 16.0 Å². The maximum absolute atomic E-state index is 12.5. The fourth-order valence-corrected chi connectivity index (χ4v) is 4.27. The molecule has 0 atom stereocenters. The summed E-state index contributed by atoms with van der Waals surface area (Å²) in [6.07, 6.45) is 11.4. The molecular formula is C22H23N3O2S. The molecule has 2 aromatic heterocycles. The van der Waals surface area contributed by atoms with E-state index in [1.807, 2.05) is 17.0 Å². The molecule has 2 amide bonds. The van der Waals surface area contributed by atoms with Gasteiger partial charge < -0.3 is 10.2 Å². The molecule has 4 heterocycles. The number of hydrogen-bond acceptors (Lipinski definition) is 4. The first-order valence-electron chi connectivity index (χ1n) is 9.66. The van der Waals surface area contributed by atoms with Gasteiger partial charge in [-0.3, -0.25) is 9.59 Å². The van der Waals surface area contributed by atoms with Crippen LogP contribution in [-0.4, -0.2) is 34.8 Å². The molecule has 0 unspecified atom stereocenters. The molecule has 2 aliphatic rings. The number of aromatic nitrogens is 1. The number of rotatable bonds is 3. The Morgan fingerprint density at radius 2 is 2.07 bits per heavy atom. The van der Waals surface area contributed by atoms with Crippen LogP contribution < -0.4 is 5.32 Å². The van der Waals surface area contributed by atoms with E-state index in [0.29, 0.717) is 12.2 Å². The summed E-state index contributed by atoms with van der Waals surface area (Å²) in [6.45, 7) is 1.52. The first kappa shape index (κ1) is 18.6. The van der Waals surface area contributed by atoms with E-state index < -0.39 is 0 Å². The first-order chi connectivity index (χ1) is 13.7. The predicted molar refractivity (Wildman–Crippen MR) is 113 cm³/mol. The third-order valence-electron chi connectivity index (χ3n) is 5.12. The third kappa shape index (κ3) is 4.57. The third-order valence-corrected chi connectivity index (χ3v) is 5.94. The second kappa shape index (κ2) is 8.52. The number of fused-ring (bicyclic) bond motifs is 1. The molecule has 4 rings (SSSR count). The average molecular weight is 394 g/mol. The number of amides is 2. The van der Waals surface area contributed by atoms with E-state index >= 15 is 0 Å². The highest BCUT2D eigenvalue weighted by Gasteiger charge is 2.17. The van der Waals surface area contributed by atoms with Crippen LogP contribution in [0.5, 0.6) is 0 Å². The summed E-state index contributed by atoms with van der Waals surface area (Å²) in [4.78, 5) is 31.7. The van der Waals surface area contributed by atoms with Gasteiger partial charge in [-0.15, -0.1) is 11.3 Å². The summed E-state index contributed by atoms with van der Waals surface area (Å²) in [7, 11) is 0. The molecule has 0 aliphatic carbocycles. The van der Waals surface area contributed by atoms with Crippen molar-refractivity contribution in [3.05, 3.63) is 57.4 Å². The monoisotopic (exact) mass is 393 g/mol. The lowest BCUT2D eigenvalue weighted by atomic mass is 10.0. The largest absolute Gasteiger partial charge is 0.339 e. The molecule has 1 N–H and O–H groups in total. The zero-order chi connectivity index (χ0) is 19.3. The van der Waals surface area contributed by atoms with E-state index in [0.717, 1.165) is 49.9 Å². The number of hydrogen-bond donors (Lipinski definition) is 1. The van der Waals surface area contributed by atoms with Gasteiger partial charge in [-0.25, -0.2) is 4.98 Å². The van der Waals surface area contributed by atoms with Crippen LogP contribution in [0.25, 0.3) is 12.2 Å². The minimum Gasteiger partial charge on any atom is -0.339 e. The number of carbonyl (C=O) groups is 2. The van der Waals surface area contributed by atoms with Crippen molar-refractivity contribution in [2.45, 2.75) is 32.1 Å². The van der Waals surface area contributed by atoms with Crippen molar-refractivity contribution in [3.63, 3.8) is 0 Å². The van der Waals surface area contributed by atoms with Gasteiger partial charge in [0.05, 0.1) is 0 Å². The summed E-state index contributed by atoms with van der Waals surface area (Å²) in [5.74, 6) is 0.702. The fraction of sp³-hybridized carbons (Fsp3) is 0.318. The molecule has 1 saturated heterocycles. The van der Waals surface area contributed by atoms with E-state index in [2.05, 4.69) is 33.9 Å². The molecule has 6 heteroatoms. The van der Waals surface area contributed by atoms with Gasteiger partial charge in [0.15, 0.2) is 0 Å². The minimum atomic E-state index is 0.0160. The summed E-state index contributed by atoms with van der Waals surface area (Å²) in [5, 5.41) is 4.92. The van der Waals surface area contributed by atoms with E-state index in [4.69, 9.17) is 0 Å². The maximum atomic E-state index is 12.5. The van der Waals surface area contributed by atoms with Crippen LogP contribution in [0.15, 0.2) is 41.4 Å². The van der Waals surface area contributed by atoms with Gasteiger partial charge in [-0.05, 0) is 66.5 Å². The van der Waals surface area contributed by atoms with Crippen LogP contribution in [0.3, 0.4) is 0 Å². The predicted octanol–water partition coefficient (Wildman–Crippen LogP) is 4.14. The molecule has 144 valence electrons. The lowest BCUT2D eigenvalue weighted by Crippen LogP contribution is -2.35. The minimum absolute atomic E-state index is 0.0160. The van der Waals surface area contributed by atoms with Gasteiger partial charge in [-0.1, -0.05) is 11.6 Å². The average Bonchev–Trinajstić information content (AvgIpc) is 3.14. The van der Waals surface area contributed by atoms with Crippen molar-refractivity contribution in [2.24, 2.45) is 0 Å².